The van der Waals surface area contributed by atoms with E-state index in [1.807, 2.05) is 0 Å². The maximum absolute atomic E-state index is 11.9. The highest BCUT2D eigenvalue weighted by atomic mass is 16.6. The Kier molecular flexibility index (Phi) is 2.62. The summed E-state index contributed by atoms with van der Waals surface area (Å²) in [6, 6.07) is 0. The largest absolute Gasteiger partial charge is 0.455 e. The van der Waals surface area contributed by atoms with Gasteiger partial charge in [-0.25, -0.2) is 4.79 Å². The maximum Gasteiger partial charge on any atom is 0.333 e. The quantitative estimate of drug-likeness (QED) is 0.551. The SMILES string of the molecule is C=C(C)C(=O)OC12CC3CC(C1)C(C)C(C3)C2C. The summed E-state index contributed by atoms with van der Waals surface area (Å²) in [5.41, 5.74) is 0.366. The molecular formula is C16H24O2. The lowest BCUT2D eigenvalue weighted by Gasteiger charge is -2.62. The van der Waals surface area contributed by atoms with Crippen molar-refractivity contribution in [3.05, 3.63) is 12.2 Å². The summed E-state index contributed by atoms with van der Waals surface area (Å²) in [5, 5.41) is 0. The number of ether oxygens (including phenoxy) is 1. The molecule has 0 aromatic rings. The summed E-state index contributed by atoms with van der Waals surface area (Å²) in [4.78, 5) is 11.9. The van der Waals surface area contributed by atoms with Gasteiger partial charge in [-0.1, -0.05) is 20.4 Å². The Bertz CT molecular complexity index is 400. The van der Waals surface area contributed by atoms with E-state index in [0.717, 1.165) is 36.5 Å². The molecule has 0 aliphatic heterocycles. The molecule has 4 saturated carbocycles. The second-order valence-corrected chi connectivity index (χ2v) is 7.05. The Labute approximate surface area is 110 Å². The second kappa shape index (κ2) is 3.85. The zero-order valence-electron chi connectivity index (χ0n) is 11.7. The molecule has 2 nitrogen and oxygen atoms in total. The van der Waals surface area contributed by atoms with E-state index in [9.17, 15) is 4.79 Å². The molecule has 4 bridgehead atoms. The van der Waals surface area contributed by atoms with Gasteiger partial charge in [0, 0.05) is 5.57 Å². The van der Waals surface area contributed by atoms with E-state index < -0.39 is 0 Å². The molecule has 0 aromatic heterocycles. The minimum Gasteiger partial charge on any atom is -0.455 e. The summed E-state index contributed by atoms with van der Waals surface area (Å²) in [6.07, 6.45) is 4.89. The van der Waals surface area contributed by atoms with Gasteiger partial charge in [0.05, 0.1) is 0 Å². The Balaban J connectivity index is 1.88. The fourth-order valence-electron chi connectivity index (χ4n) is 5.01. The second-order valence-electron chi connectivity index (χ2n) is 7.05. The molecule has 0 amide bonds. The molecular weight excluding hydrogens is 224 g/mol. The van der Waals surface area contributed by atoms with Crippen LogP contribution in [0.5, 0.6) is 0 Å². The standard InChI is InChI=1S/C16H24O2/c1-9(2)15(17)18-16-7-12-5-13(8-16)10(3)14(6-12)11(16)4/h10-14H,1,5-8H2,2-4H3. The van der Waals surface area contributed by atoms with Crippen molar-refractivity contribution in [2.24, 2.45) is 29.6 Å². The van der Waals surface area contributed by atoms with Crippen LogP contribution in [0, 0.1) is 29.6 Å². The number of rotatable bonds is 2. The van der Waals surface area contributed by atoms with E-state index in [-0.39, 0.29) is 11.6 Å². The minimum atomic E-state index is -0.184. The highest BCUT2D eigenvalue weighted by molar-refractivity contribution is 5.87. The number of carbonyl (C=O) groups is 1. The lowest BCUT2D eigenvalue weighted by molar-refractivity contribution is -0.213. The summed E-state index contributed by atoms with van der Waals surface area (Å²) in [5.74, 6) is 3.47. The predicted octanol–water partition coefficient (Wildman–Crippen LogP) is 3.57. The van der Waals surface area contributed by atoms with Gasteiger partial charge >= 0.3 is 5.97 Å². The highest BCUT2D eigenvalue weighted by Gasteiger charge is 2.60. The normalized spacial score (nSPS) is 49.2. The van der Waals surface area contributed by atoms with Crippen LogP contribution in [0.1, 0.15) is 46.5 Å². The number of hydrogen-bond donors (Lipinski definition) is 0. The first-order valence-electron chi connectivity index (χ1n) is 7.32. The van der Waals surface area contributed by atoms with Crippen LogP contribution < -0.4 is 0 Å². The van der Waals surface area contributed by atoms with Crippen molar-refractivity contribution in [3.63, 3.8) is 0 Å². The van der Waals surface area contributed by atoms with Gasteiger partial charge in [0.25, 0.3) is 0 Å². The summed E-state index contributed by atoms with van der Waals surface area (Å²) >= 11 is 0. The maximum atomic E-state index is 11.9. The molecule has 0 aromatic carbocycles. The summed E-state index contributed by atoms with van der Waals surface area (Å²) < 4.78 is 5.93. The van der Waals surface area contributed by atoms with Crippen LogP contribution in [0.4, 0.5) is 0 Å². The molecule has 6 atom stereocenters. The third kappa shape index (κ3) is 1.57. The molecule has 4 rings (SSSR count). The Morgan fingerprint density at radius 3 is 2.67 bits per heavy atom. The average molecular weight is 248 g/mol. The van der Waals surface area contributed by atoms with E-state index in [0.29, 0.717) is 11.5 Å². The van der Waals surface area contributed by atoms with E-state index in [4.69, 9.17) is 4.74 Å². The molecule has 0 saturated heterocycles. The monoisotopic (exact) mass is 248 g/mol. The van der Waals surface area contributed by atoms with Crippen molar-refractivity contribution in [1.29, 1.82) is 0 Å². The van der Waals surface area contributed by atoms with Crippen LogP contribution >= 0.6 is 0 Å². The van der Waals surface area contributed by atoms with Crippen LogP contribution in [0.3, 0.4) is 0 Å². The molecule has 6 unspecified atom stereocenters. The van der Waals surface area contributed by atoms with Crippen LogP contribution in [-0.2, 0) is 9.53 Å². The van der Waals surface area contributed by atoms with E-state index in [1.165, 1.54) is 12.8 Å². The van der Waals surface area contributed by atoms with Crippen molar-refractivity contribution in [1.82, 2.24) is 0 Å². The molecule has 0 spiro atoms. The highest BCUT2D eigenvalue weighted by Crippen LogP contribution is 2.62. The van der Waals surface area contributed by atoms with E-state index >= 15 is 0 Å². The fourth-order valence-corrected chi connectivity index (χ4v) is 5.01. The van der Waals surface area contributed by atoms with Gasteiger partial charge in [-0.2, -0.15) is 0 Å². The molecule has 18 heavy (non-hydrogen) atoms. The van der Waals surface area contributed by atoms with Crippen molar-refractivity contribution >= 4 is 5.97 Å². The van der Waals surface area contributed by atoms with E-state index in [1.54, 1.807) is 6.92 Å². The lowest BCUT2D eigenvalue weighted by atomic mass is 9.46. The van der Waals surface area contributed by atoms with Crippen molar-refractivity contribution < 1.29 is 9.53 Å². The van der Waals surface area contributed by atoms with Gasteiger partial charge < -0.3 is 4.74 Å². The Hall–Kier alpha value is -0.790. The smallest absolute Gasteiger partial charge is 0.333 e. The minimum absolute atomic E-state index is 0.168. The van der Waals surface area contributed by atoms with Gasteiger partial charge in [-0.05, 0) is 62.2 Å². The predicted molar refractivity (Wildman–Crippen MR) is 70.9 cm³/mol. The Morgan fingerprint density at radius 1 is 1.28 bits per heavy atom. The third-order valence-corrected chi connectivity index (χ3v) is 6.02. The summed E-state index contributed by atoms with van der Waals surface area (Å²) in [7, 11) is 0. The molecule has 100 valence electrons. The average Bonchev–Trinajstić information content (AvgIpc) is 2.30. The number of esters is 1. The fraction of sp³-hybridized carbons (Fsp3) is 0.812. The molecule has 2 heteroatoms. The third-order valence-electron chi connectivity index (χ3n) is 6.02. The molecule has 4 fully saturated rings. The first-order chi connectivity index (χ1) is 8.43. The zero-order valence-corrected chi connectivity index (χ0v) is 11.7. The number of hydrogen-bond acceptors (Lipinski definition) is 2. The topological polar surface area (TPSA) is 26.3 Å². The van der Waals surface area contributed by atoms with E-state index in [2.05, 4.69) is 20.4 Å². The molecule has 4 aliphatic rings. The Morgan fingerprint density at radius 2 is 2.00 bits per heavy atom. The molecule has 0 radical (unpaired) electrons. The summed E-state index contributed by atoms with van der Waals surface area (Å²) in [6.45, 7) is 10.2. The first-order valence-corrected chi connectivity index (χ1v) is 7.32. The van der Waals surface area contributed by atoms with Gasteiger partial charge in [0.15, 0.2) is 0 Å². The van der Waals surface area contributed by atoms with Crippen molar-refractivity contribution in [3.8, 4) is 0 Å². The lowest BCUT2D eigenvalue weighted by Crippen LogP contribution is -2.61. The van der Waals surface area contributed by atoms with Crippen LogP contribution in [0.2, 0.25) is 0 Å². The van der Waals surface area contributed by atoms with Crippen molar-refractivity contribution in [2.75, 3.05) is 0 Å². The molecule has 0 N–H and O–H groups in total. The molecule has 4 aliphatic carbocycles. The van der Waals surface area contributed by atoms with Gasteiger partial charge in [-0.3, -0.25) is 0 Å². The zero-order chi connectivity index (χ0) is 13.1. The van der Waals surface area contributed by atoms with Gasteiger partial charge in [-0.15, -0.1) is 0 Å². The van der Waals surface area contributed by atoms with Crippen LogP contribution in [-0.4, -0.2) is 11.6 Å². The van der Waals surface area contributed by atoms with Crippen LogP contribution in [0.15, 0.2) is 12.2 Å². The van der Waals surface area contributed by atoms with Gasteiger partial charge in [0.1, 0.15) is 5.60 Å². The van der Waals surface area contributed by atoms with Crippen LogP contribution in [0.25, 0.3) is 0 Å². The molecule has 0 heterocycles. The van der Waals surface area contributed by atoms with Gasteiger partial charge in [0.2, 0.25) is 0 Å². The van der Waals surface area contributed by atoms with Crippen molar-refractivity contribution in [2.45, 2.75) is 52.1 Å². The number of carbonyl (C=O) groups excluding carboxylic acids is 1. The first kappa shape index (κ1) is 12.3.